The van der Waals surface area contributed by atoms with Crippen LogP contribution in [0.15, 0.2) is 26.8 Å². The van der Waals surface area contributed by atoms with E-state index in [1.807, 2.05) is 19.1 Å². The van der Waals surface area contributed by atoms with Gasteiger partial charge in [0.15, 0.2) is 16.0 Å². The van der Waals surface area contributed by atoms with Crippen LogP contribution < -0.4 is 21.5 Å². The van der Waals surface area contributed by atoms with E-state index in [-0.39, 0.29) is 0 Å². The van der Waals surface area contributed by atoms with Crippen molar-refractivity contribution in [2.45, 2.75) is 19.8 Å². The highest BCUT2D eigenvalue weighted by Crippen LogP contribution is 2.11. The van der Waals surface area contributed by atoms with Crippen LogP contribution in [0.4, 0.5) is 0 Å². The number of hydrogen-bond donors (Lipinski definition) is 4. The summed E-state index contributed by atoms with van der Waals surface area (Å²) in [6.45, 7) is 7.33. The molecule has 0 saturated carbocycles. The Bertz CT molecular complexity index is 715. The lowest BCUT2D eigenvalue weighted by Crippen LogP contribution is -2.36. The molecule has 1 aromatic heterocycles. The molecule has 1 aliphatic heterocycles. The third-order valence-corrected chi connectivity index (χ3v) is 4.64. The number of nitrogens with zero attached hydrogens (tertiary/aromatic N) is 3. The van der Waals surface area contributed by atoms with E-state index >= 15 is 0 Å². The van der Waals surface area contributed by atoms with Gasteiger partial charge in [0, 0.05) is 33.1 Å². The molecular formula is C18H29N7O2S2. The molecule has 160 valence electrons. The number of hydrogen-bond acceptors (Lipinski definition) is 7. The topological polar surface area (TPSA) is 98.5 Å². The maximum absolute atomic E-state index is 5.96. The van der Waals surface area contributed by atoms with E-state index in [1.54, 1.807) is 7.05 Å². The van der Waals surface area contributed by atoms with Crippen LogP contribution in [-0.4, -0.2) is 73.5 Å². The SMILES string of the molecule is CCNC(=S)N/N=C/C(=N/NC(=S)NC)c1ccc(CCCN2CCOCC2)o1. The second-order valence-corrected chi connectivity index (χ2v) is 7.06. The summed E-state index contributed by atoms with van der Waals surface area (Å²) < 4.78 is 11.3. The average Bonchev–Trinajstić information content (AvgIpc) is 3.20. The molecule has 4 N–H and O–H groups in total. The van der Waals surface area contributed by atoms with E-state index in [0.29, 0.717) is 28.2 Å². The fourth-order valence-electron chi connectivity index (χ4n) is 2.62. The lowest BCUT2D eigenvalue weighted by Gasteiger charge is -2.26. The Labute approximate surface area is 182 Å². The van der Waals surface area contributed by atoms with Crippen molar-refractivity contribution in [1.82, 2.24) is 26.4 Å². The zero-order valence-corrected chi connectivity index (χ0v) is 18.5. The summed E-state index contributed by atoms with van der Waals surface area (Å²) >= 11 is 10.2. The number of thiocarbonyl (C=S) groups is 2. The van der Waals surface area contributed by atoms with Crippen LogP contribution in [0.3, 0.4) is 0 Å². The number of nitrogens with one attached hydrogen (secondary N) is 4. The molecule has 29 heavy (non-hydrogen) atoms. The highest BCUT2D eigenvalue weighted by atomic mass is 32.1. The van der Waals surface area contributed by atoms with E-state index in [1.165, 1.54) is 6.21 Å². The van der Waals surface area contributed by atoms with Crippen LogP contribution in [0.2, 0.25) is 0 Å². The molecule has 9 nitrogen and oxygen atoms in total. The van der Waals surface area contributed by atoms with Crippen LogP contribution in [0.5, 0.6) is 0 Å². The van der Waals surface area contributed by atoms with Crippen LogP contribution in [0.25, 0.3) is 0 Å². The Hall–Kier alpha value is -2.08. The van der Waals surface area contributed by atoms with Gasteiger partial charge in [0.05, 0.1) is 19.4 Å². The van der Waals surface area contributed by atoms with Crippen LogP contribution in [0.1, 0.15) is 24.9 Å². The van der Waals surface area contributed by atoms with Crippen LogP contribution in [0, 0.1) is 0 Å². The smallest absolute Gasteiger partial charge is 0.186 e. The van der Waals surface area contributed by atoms with Crippen molar-refractivity contribution >= 4 is 46.6 Å². The van der Waals surface area contributed by atoms with Crippen LogP contribution >= 0.6 is 24.4 Å². The third kappa shape index (κ3) is 8.86. The molecule has 1 aliphatic rings. The number of aryl methyl sites for hydroxylation is 1. The Kier molecular flexibility index (Phi) is 10.6. The van der Waals surface area contributed by atoms with E-state index in [9.17, 15) is 0 Å². The van der Waals surface area contributed by atoms with E-state index in [4.69, 9.17) is 33.6 Å². The normalized spacial score (nSPS) is 15.3. The van der Waals surface area contributed by atoms with Gasteiger partial charge in [-0.2, -0.15) is 10.2 Å². The van der Waals surface area contributed by atoms with Gasteiger partial charge in [-0.25, -0.2) is 0 Å². The number of hydrazone groups is 2. The lowest BCUT2D eigenvalue weighted by molar-refractivity contribution is 0.0373. The van der Waals surface area contributed by atoms with E-state index in [2.05, 4.69) is 36.6 Å². The first kappa shape index (κ1) is 23.2. The Balaban J connectivity index is 1.95. The quantitative estimate of drug-likeness (QED) is 0.253. The van der Waals surface area contributed by atoms with Crippen molar-refractivity contribution in [3.8, 4) is 0 Å². The summed E-state index contributed by atoms with van der Waals surface area (Å²) in [7, 11) is 1.72. The molecule has 0 amide bonds. The number of morpholine rings is 1. The lowest BCUT2D eigenvalue weighted by atomic mass is 10.2. The Morgan fingerprint density at radius 2 is 2.00 bits per heavy atom. The molecule has 0 aliphatic carbocycles. The highest BCUT2D eigenvalue weighted by Gasteiger charge is 2.12. The summed E-state index contributed by atoms with van der Waals surface area (Å²) in [5, 5.41) is 15.0. The molecule has 2 heterocycles. The maximum Gasteiger partial charge on any atom is 0.186 e. The minimum absolute atomic E-state index is 0.393. The molecule has 0 radical (unpaired) electrons. The summed E-state index contributed by atoms with van der Waals surface area (Å²) in [5.41, 5.74) is 5.98. The van der Waals surface area contributed by atoms with Gasteiger partial charge < -0.3 is 19.8 Å². The highest BCUT2D eigenvalue weighted by molar-refractivity contribution is 7.80. The van der Waals surface area contributed by atoms with Crippen molar-refractivity contribution in [2.75, 3.05) is 46.4 Å². The van der Waals surface area contributed by atoms with E-state index < -0.39 is 0 Å². The summed E-state index contributed by atoms with van der Waals surface area (Å²) in [4.78, 5) is 2.41. The van der Waals surface area contributed by atoms with E-state index in [0.717, 1.165) is 51.4 Å². The van der Waals surface area contributed by atoms with Crippen molar-refractivity contribution in [3.63, 3.8) is 0 Å². The molecule has 11 heteroatoms. The fourth-order valence-corrected chi connectivity index (χ4v) is 2.86. The second-order valence-electron chi connectivity index (χ2n) is 6.24. The molecule has 0 unspecified atom stereocenters. The molecule has 1 saturated heterocycles. The first-order valence-electron chi connectivity index (χ1n) is 9.64. The average molecular weight is 440 g/mol. The summed E-state index contributed by atoms with van der Waals surface area (Å²) in [6, 6.07) is 3.84. The number of rotatable bonds is 9. The minimum atomic E-state index is 0.393. The van der Waals surface area contributed by atoms with Gasteiger partial charge in [-0.3, -0.25) is 15.8 Å². The first-order valence-corrected chi connectivity index (χ1v) is 10.5. The number of furan rings is 1. The van der Waals surface area contributed by atoms with Gasteiger partial charge in [0.25, 0.3) is 0 Å². The Morgan fingerprint density at radius 1 is 1.21 bits per heavy atom. The van der Waals surface area contributed by atoms with Crippen molar-refractivity contribution in [2.24, 2.45) is 10.2 Å². The standard InChI is InChI=1S/C18H29N7O2S2/c1-3-20-18(29)23-21-13-15(22-24-17(28)19-2)16-7-6-14(27-16)5-4-8-25-9-11-26-12-10-25/h6-7,13H,3-5,8-12H2,1-2H3,(H2,19,24,28)(H2,20,23,29)/b21-13+,22-15-. The largest absolute Gasteiger partial charge is 0.459 e. The van der Waals surface area contributed by atoms with Crippen molar-refractivity contribution in [3.05, 3.63) is 23.7 Å². The predicted octanol–water partition coefficient (Wildman–Crippen LogP) is 0.812. The van der Waals surface area contributed by atoms with Gasteiger partial charge in [0.1, 0.15) is 11.5 Å². The zero-order valence-electron chi connectivity index (χ0n) is 16.9. The maximum atomic E-state index is 5.96. The van der Waals surface area contributed by atoms with Crippen molar-refractivity contribution < 1.29 is 9.15 Å². The molecule has 0 aromatic carbocycles. The van der Waals surface area contributed by atoms with Gasteiger partial charge in [-0.05, 0) is 56.5 Å². The molecular weight excluding hydrogens is 410 g/mol. The van der Waals surface area contributed by atoms with Crippen LogP contribution in [-0.2, 0) is 11.2 Å². The molecule has 2 rings (SSSR count). The summed E-state index contributed by atoms with van der Waals surface area (Å²) in [6.07, 6.45) is 3.41. The van der Waals surface area contributed by atoms with Gasteiger partial charge in [0.2, 0.25) is 0 Å². The Morgan fingerprint density at radius 3 is 2.72 bits per heavy atom. The first-order chi connectivity index (χ1) is 14.1. The second kappa shape index (κ2) is 13.2. The third-order valence-electron chi connectivity index (χ3n) is 4.11. The monoisotopic (exact) mass is 439 g/mol. The fraction of sp³-hybridized carbons (Fsp3) is 0.556. The van der Waals surface area contributed by atoms with Gasteiger partial charge in [-0.15, -0.1) is 0 Å². The number of ether oxygens (including phenoxy) is 1. The van der Waals surface area contributed by atoms with Gasteiger partial charge in [-0.1, -0.05) is 0 Å². The molecule has 0 bridgehead atoms. The summed E-state index contributed by atoms with van der Waals surface area (Å²) in [5.74, 6) is 1.50. The van der Waals surface area contributed by atoms with Crippen molar-refractivity contribution in [1.29, 1.82) is 0 Å². The molecule has 0 spiro atoms. The molecule has 1 fully saturated rings. The minimum Gasteiger partial charge on any atom is -0.459 e. The van der Waals surface area contributed by atoms with Gasteiger partial charge >= 0.3 is 0 Å². The predicted molar refractivity (Wildman–Crippen MR) is 124 cm³/mol. The zero-order chi connectivity index (χ0) is 20.9. The molecule has 1 aromatic rings. The molecule has 0 atom stereocenters.